The van der Waals surface area contributed by atoms with Crippen LogP contribution in [0.2, 0.25) is 0 Å². The van der Waals surface area contributed by atoms with Gasteiger partial charge in [0.05, 0.1) is 25.9 Å². The monoisotopic (exact) mass is 217 g/mol. The zero-order chi connectivity index (χ0) is 11.1. The van der Waals surface area contributed by atoms with E-state index in [0.717, 1.165) is 18.4 Å². The molecule has 0 saturated heterocycles. The van der Waals surface area contributed by atoms with Gasteiger partial charge in [-0.1, -0.05) is 6.92 Å². The van der Waals surface area contributed by atoms with Crippen LogP contribution in [0.25, 0.3) is 0 Å². The number of rotatable bonds is 9. The second-order valence-corrected chi connectivity index (χ2v) is 4.35. The van der Waals surface area contributed by atoms with Crippen molar-refractivity contribution < 1.29 is 14.6 Å². The first-order valence-corrected chi connectivity index (χ1v) is 5.69. The van der Waals surface area contributed by atoms with Gasteiger partial charge in [0.2, 0.25) is 0 Å². The van der Waals surface area contributed by atoms with Crippen molar-refractivity contribution in [3.8, 4) is 0 Å². The van der Waals surface area contributed by atoms with Crippen LogP contribution in [-0.2, 0) is 9.47 Å². The number of hydrogen-bond donors (Lipinski definition) is 2. The zero-order valence-electron chi connectivity index (χ0n) is 9.74. The van der Waals surface area contributed by atoms with Crippen molar-refractivity contribution in [1.82, 2.24) is 5.32 Å². The van der Waals surface area contributed by atoms with Crippen LogP contribution in [-0.4, -0.2) is 51.2 Å². The van der Waals surface area contributed by atoms with Crippen molar-refractivity contribution in [2.75, 3.05) is 40.0 Å². The molecule has 0 bridgehead atoms. The molecule has 1 rings (SSSR count). The molecule has 1 fully saturated rings. The molecule has 4 heteroatoms. The van der Waals surface area contributed by atoms with E-state index in [-0.39, 0.29) is 0 Å². The molecule has 1 saturated carbocycles. The fraction of sp³-hybridized carbons (Fsp3) is 1.00. The number of nitrogens with one attached hydrogen (secondary N) is 1. The maximum Gasteiger partial charge on any atom is 0.0897 e. The van der Waals surface area contributed by atoms with E-state index < -0.39 is 6.10 Å². The van der Waals surface area contributed by atoms with Gasteiger partial charge in [-0.15, -0.1) is 0 Å². The van der Waals surface area contributed by atoms with E-state index in [0.29, 0.717) is 26.4 Å². The summed E-state index contributed by atoms with van der Waals surface area (Å²) in [5, 5.41) is 12.8. The Morgan fingerprint density at radius 2 is 2.20 bits per heavy atom. The first-order chi connectivity index (χ1) is 7.24. The molecule has 2 N–H and O–H groups in total. The predicted molar refractivity (Wildman–Crippen MR) is 58.8 cm³/mol. The Bertz CT molecular complexity index is 166. The molecular formula is C11H23NO3. The molecule has 3 atom stereocenters. The Kier molecular flexibility index (Phi) is 6.17. The highest BCUT2D eigenvalue weighted by molar-refractivity contribution is 4.84. The van der Waals surface area contributed by atoms with Crippen molar-refractivity contribution >= 4 is 0 Å². The van der Waals surface area contributed by atoms with Gasteiger partial charge in [0.15, 0.2) is 0 Å². The Hall–Kier alpha value is -0.160. The number of hydrogen-bond acceptors (Lipinski definition) is 4. The molecule has 3 unspecified atom stereocenters. The summed E-state index contributed by atoms with van der Waals surface area (Å²) in [5.41, 5.74) is 0. The van der Waals surface area contributed by atoms with Crippen LogP contribution in [0.3, 0.4) is 0 Å². The Morgan fingerprint density at radius 1 is 1.47 bits per heavy atom. The lowest BCUT2D eigenvalue weighted by Gasteiger charge is -2.12. The van der Waals surface area contributed by atoms with E-state index in [1.54, 1.807) is 7.11 Å². The largest absolute Gasteiger partial charge is 0.389 e. The predicted octanol–water partition coefficient (Wildman–Crippen LogP) is 0.256. The van der Waals surface area contributed by atoms with E-state index in [4.69, 9.17) is 9.47 Å². The van der Waals surface area contributed by atoms with Gasteiger partial charge in [0.25, 0.3) is 0 Å². The normalized spacial score (nSPS) is 26.6. The molecule has 1 aliphatic rings. The van der Waals surface area contributed by atoms with Crippen LogP contribution in [0.1, 0.15) is 13.3 Å². The summed E-state index contributed by atoms with van der Waals surface area (Å²) >= 11 is 0. The molecule has 0 aliphatic heterocycles. The number of aliphatic hydroxyl groups excluding tert-OH is 1. The van der Waals surface area contributed by atoms with Gasteiger partial charge in [-0.3, -0.25) is 0 Å². The molecular weight excluding hydrogens is 194 g/mol. The lowest BCUT2D eigenvalue weighted by atomic mass is 10.3. The van der Waals surface area contributed by atoms with Crippen LogP contribution in [0.15, 0.2) is 0 Å². The summed E-state index contributed by atoms with van der Waals surface area (Å²) in [7, 11) is 1.64. The maximum absolute atomic E-state index is 9.52. The Morgan fingerprint density at radius 3 is 2.80 bits per heavy atom. The van der Waals surface area contributed by atoms with Crippen LogP contribution in [0.5, 0.6) is 0 Å². The minimum Gasteiger partial charge on any atom is -0.389 e. The molecule has 0 spiro atoms. The summed E-state index contributed by atoms with van der Waals surface area (Å²) < 4.78 is 10.0. The molecule has 0 aromatic rings. The summed E-state index contributed by atoms with van der Waals surface area (Å²) in [6, 6.07) is 0. The molecule has 90 valence electrons. The van der Waals surface area contributed by atoms with Gasteiger partial charge in [0, 0.05) is 13.7 Å². The van der Waals surface area contributed by atoms with Crippen molar-refractivity contribution in [2.24, 2.45) is 11.8 Å². The van der Waals surface area contributed by atoms with Gasteiger partial charge < -0.3 is 19.9 Å². The van der Waals surface area contributed by atoms with Crippen LogP contribution in [0, 0.1) is 11.8 Å². The number of methoxy groups -OCH3 is 1. The Labute approximate surface area is 92.0 Å². The van der Waals surface area contributed by atoms with E-state index in [9.17, 15) is 5.11 Å². The fourth-order valence-electron chi connectivity index (χ4n) is 1.54. The topological polar surface area (TPSA) is 50.7 Å². The SMILES string of the molecule is COCCOCC(O)CNCC1CC1C. The van der Waals surface area contributed by atoms with E-state index in [2.05, 4.69) is 12.2 Å². The average molecular weight is 217 g/mol. The molecule has 1 aliphatic carbocycles. The van der Waals surface area contributed by atoms with E-state index in [1.807, 2.05) is 0 Å². The highest BCUT2D eigenvalue weighted by Crippen LogP contribution is 2.36. The zero-order valence-corrected chi connectivity index (χ0v) is 9.74. The minimum absolute atomic E-state index is 0.385. The molecule has 15 heavy (non-hydrogen) atoms. The quantitative estimate of drug-likeness (QED) is 0.544. The molecule has 0 aromatic carbocycles. The van der Waals surface area contributed by atoms with Crippen LogP contribution in [0.4, 0.5) is 0 Å². The van der Waals surface area contributed by atoms with Gasteiger partial charge in [-0.25, -0.2) is 0 Å². The second kappa shape index (κ2) is 7.17. The van der Waals surface area contributed by atoms with E-state index >= 15 is 0 Å². The van der Waals surface area contributed by atoms with Gasteiger partial charge in [-0.05, 0) is 24.8 Å². The lowest BCUT2D eigenvalue weighted by molar-refractivity contribution is 0.0138. The number of aliphatic hydroxyl groups is 1. The highest BCUT2D eigenvalue weighted by atomic mass is 16.5. The Balaban J connectivity index is 1.83. The third-order valence-corrected chi connectivity index (χ3v) is 2.80. The third-order valence-electron chi connectivity index (χ3n) is 2.80. The van der Waals surface area contributed by atoms with E-state index in [1.165, 1.54) is 6.42 Å². The standard InChI is InChI=1S/C11H23NO3/c1-9-5-10(9)6-12-7-11(13)8-15-4-3-14-2/h9-13H,3-8H2,1-2H3. The average Bonchev–Trinajstić information content (AvgIpc) is 2.90. The summed E-state index contributed by atoms with van der Waals surface area (Å²) in [6.45, 7) is 5.42. The van der Waals surface area contributed by atoms with Crippen molar-refractivity contribution in [3.05, 3.63) is 0 Å². The first kappa shape index (κ1) is 12.9. The number of ether oxygens (including phenoxy) is 2. The van der Waals surface area contributed by atoms with Gasteiger partial charge >= 0.3 is 0 Å². The smallest absolute Gasteiger partial charge is 0.0897 e. The van der Waals surface area contributed by atoms with Crippen LogP contribution < -0.4 is 5.32 Å². The van der Waals surface area contributed by atoms with Crippen LogP contribution >= 0.6 is 0 Å². The molecule has 0 radical (unpaired) electrons. The molecule has 4 nitrogen and oxygen atoms in total. The fourth-order valence-corrected chi connectivity index (χ4v) is 1.54. The molecule has 0 aromatic heterocycles. The van der Waals surface area contributed by atoms with Crippen molar-refractivity contribution in [1.29, 1.82) is 0 Å². The van der Waals surface area contributed by atoms with Gasteiger partial charge in [0.1, 0.15) is 0 Å². The third kappa shape index (κ3) is 6.10. The summed E-state index contributed by atoms with van der Waals surface area (Å²) in [5.74, 6) is 1.69. The minimum atomic E-state index is -0.407. The molecule has 0 heterocycles. The summed E-state index contributed by atoms with van der Waals surface area (Å²) in [4.78, 5) is 0. The van der Waals surface area contributed by atoms with Crippen molar-refractivity contribution in [2.45, 2.75) is 19.4 Å². The maximum atomic E-state index is 9.52. The van der Waals surface area contributed by atoms with Crippen molar-refractivity contribution in [3.63, 3.8) is 0 Å². The summed E-state index contributed by atoms with van der Waals surface area (Å²) in [6.07, 6.45) is 0.920. The first-order valence-electron chi connectivity index (χ1n) is 5.69. The molecule has 0 amide bonds. The lowest BCUT2D eigenvalue weighted by Crippen LogP contribution is -2.32. The van der Waals surface area contributed by atoms with Gasteiger partial charge in [-0.2, -0.15) is 0 Å². The second-order valence-electron chi connectivity index (χ2n) is 4.35. The highest BCUT2D eigenvalue weighted by Gasteiger charge is 2.31.